The summed E-state index contributed by atoms with van der Waals surface area (Å²) < 4.78 is 43.0. The van der Waals surface area contributed by atoms with Crippen LogP contribution >= 0.6 is 7.75 Å². The average Bonchev–Trinajstić information content (AvgIpc) is 2.79. The van der Waals surface area contributed by atoms with E-state index < -0.39 is 41.9 Å². The van der Waals surface area contributed by atoms with E-state index in [1.54, 1.807) is 42.5 Å². The van der Waals surface area contributed by atoms with Crippen molar-refractivity contribution >= 4 is 19.4 Å². The number of halogens is 1. The number of nitrogens with one attached hydrogen (secondary N) is 1. The lowest BCUT2D eigenvalue weighted by molar-refractivity contribution is -0.385. The predicted molar refractivity (Wildman–Crippen MR) is 117 cm³/mol. The Balaban J connectivity index is 1.81. The van der Waals surface area contributed by atoms with Gasteiger partial charge in [-0.25, -0.2) is 8.96 Å². The molecule has 0 aromatic heterocycles. The Labute approximate surface area is 188 Å². The molecule has 0 aliphatic carbocycles. The van der Waals surface area contributed by atoms with Gasteiger partial charge in [0.25, 0.3) is 0 Å². The number of para-hydroxylation sites is 1. The summed E-state index contributed by atoms with van der Waals surface area (Å²) in [5.74, 6) is -2.02. The summed E-state index contributed by atoms with van der Waals surface area (Å²) in [4.78, 5) is 22.9. The molecule has 0 radical (unpaired) electrons. The van der Waals surface area contributed by atoms with Gasteiger partial charge in [-0.3, -0.25) is 14.9 Å². The van der Waals surface area contributed by atoms with E-state index in [1.165, 1.54) is 19.1 Å². The van der Waals surface area contributed by atoms with Crippen LogP contribution in [0.1, 0.15) is 12.5 Å². The Bertz CT molecular complexity index is 1160. The highest BCUT2D eigenvalue weighted by atomic mass is 31.2. The highest BCUT2D eigenvalue weighted by Crippen LogP contribution is 2.47. The molecule has 1 unspecified atom stereocenters. The Morgan fingerprint density at radius 1 is 1.06 bits per heavy atom. The lowest BCUT2D eigenvalue weighted by Gasteiger charge is -2.23. The summed E-state index contributed by atoms with van der Waals surface area (Å²) in [5, 5.41) is 13.7. The highest BCUT2D eigenvalue weighted by molar-refractivity contribution is 7.52. The van der Waals surface area contributed by atoms with E-state index in [2.05, 4.69) is 5.09 Å². The minimum atomic E-state index is -4.43. The van der Waals surface area contributed by atoms with Crippen molar-refractivity contribution in [3.63, 3.8) is 0 Å². The molecule has 172 valence electrons. The van der Waals surface area contributed by atoms with Gasteiger partial charge >= 0.3 is 19.4 Å². The average molecular weight is 474 g/mol. The third-order valence-corrected chi connectivity index (χ3v) is 5.83. The van der Waals surface area contributed by atoms with Crippen LogP contribution in [0.5, 0.6) is 11.5 Å². The Kier molecular flexibility index (Phi) is 7.76. The highest BCUT2D eigenvalue weighted by Gasteiger charge is 2.36. The second-order valence-electron chi connectivity index (χ2n) is 6.81. The van der Waals surface area contributed by atoms with Crippen molar-refractivity contribution in [3.05, 3.63) is 100 Å². The molecular formula is C22H20FN2O7P. The molecule has 3 rings (SSSR count). The first-order valence-electron chi connectivity index (χ1n) is 9.72. The van der Waals surface area contributed by atoms with Crippen LogP contribution in [0.3, 0.4) is 0 Å². The van der Waals surface area contributed by atoms with Crippen LogP contribution in [-0.2, 0) is 20.7 Å². The van der Waals surface area contributed by atoms with Gasteiger partial charge in [0.1, 0.15) is 24.2 Å². The number of esters is 1. The first-order chi connectivity index (χ1) is 15.8. The van der Waals surface area contributed by atoms with Crippen molar-refractivity contribution in [3.8, 4) is 11.5 Å². The van der Waals surface area contributed by atoms with Crippen molar-refractivity contribution in [2.45, 2.75) is 19.6 Å². The van der Waals surface area contributed by atoms with Gasteiger partial charge in [0.2, 0.25) is 5.75 Å². The van der Waals surface area contributed by atoms with E-state index in [0.29, 0.717) is 6.07 Å². The number of hydrogen-bond donors (Lipinski definition) is 1. The fraction of sp³-hybridized carbons (Fsp3) is 0.136. The van der Waals surface area contributed by atoms with Crippen LogP contribution in [0.4, 0.5) is 10.1 Å². The van der Waals surface area contributed by atoms with Crippen LogP contribution in [-0.4, -0.2) is 16.9 Å². The van der Waals surface area contributed by atoms with Gasteiger partial charge in [-0.2, -0.15) is 5.09 Å². The lowest BCUT2D eigenvalue weighted by atomic mass is 10.2. The molecule has 3 aromatic rings. The minimum absolute atomic E-state index is 0.0141. The van der Waals surface area contributed by atoms with Crippen molar-refractivity contribution in [1.29, 1.82) is 0 Å². The van der Waals surface area contributed by atoms with E-state index in [4.69, 9.17) is 13.8 Å². The third-order valence-electron chi connectivity index (χ3n) is 4.23. The summed E-state index contributed by atoms with van der Waals surface area (Å²) in [7, 11) is -4.43. The maximum Gasteiger partial charge on any atom is 0.513 e. The molecule has 0 bridgehead atoms. The van der Waals surface area contributed by atoms with Crippen LogP contribution in [0.2, 0.25) is 0 Å². The second-order valence-corrected chi connectivity index (χ2v) is 8.42. The van der Waals surface area contributed by atoms with Crippen molar-refractivity contribution < 1.29 is 32.5 Å². The van der Waals surface area contributed by atoms with Crippen LogP contribution in [0.15, 0.2) is 78.9 Å². The lowest BCUT2D eigenvalue weighted by Crippen LogP contribution is -2.35. The largest absolute Gasteiger partial charge is 0.513 e. The fourth-order valence-electron chi connectivity index (χ4n) is 2.67. The molecule has 0 spiro atoms. The van der Waals surface area contributed by atoms with Crippen LogP contribution in [0.25, 0.3) is 0 Å². The van der Waals surface area contributed by atoms with E-state index in [0.717, 1.165) is 17.7 Å². The number of nitro benzene ring substituents is 1. The van der Waals surface area contributed by atoms with Gasteiger partial charge in [0.15, 0.2) is 0 Å². The van der Waals surface area contributed by atoms with E-state index >= 15 is 0 Å². The van der Waals surface area contributed by atoms with Crippen molar-refractivity contribution in [1.82, 2.24) is 5.09 Å². The molecule has 0 saturated carbocycles. The maximum absolute atomic E-state index is 13.5. The van der Waals surface area contributed by atoms with Crippen molar-refractivity contribution in [2.24, 2.45) is 0 Å². The number of nitrogens with zero attached hydrogens (tertiary/aromatic N) is 1. The van der Waals surface area contributed by atoms with Crippen LogP contribution in [0, 0.1) is 15.9 Å². The number of carbonyl (C=O) groups is 1. The summed E-state index contributed by atoms with van der Waals surface area (Å²) in [6.07, 6.45) is 0. The Hall–Kier alpha value is -3.75. The molecule has 0 amide bonds. The summed E-state index contributed by atoms with van der Waals surface area (Å²) in [6, 6.07) is 18.1. The molecule has 2 atom stereocenters. The molecule has 11 heteroatoms. The van der Waals surface area contributed by atoms with Gasteiger partial charge in [0, 0.05) is 0 Å². The maximum atomic E-state index is 13.5. The first kappa shape index (κ1) is 23.9. The molecule has 0 aliphatic heterocycles. The van der Waals surface area contributed by atoms with Gasteiger partial charge < -0.3 is 13.8 Å². The van der Waals surface area contributed by atoms with E-state index in [1.807, 2.05) is 6.07 Å². The topological polar surface area (TPSA) is 117 Å². The molecule has 1 N–H and O–H groups in total. The molecule has 3 aromatic carbocycles. The molecule has 0 aliphatic rings. The number of benzene rings is 3. The molecule has 33 heavy (non-hydrogen) atoms. The monoisotopic (exact) mass is 474 g/mol. The van der Waals surface area contributed by atoms with E-state index in [-0.39, 0.29) is 12.4 Å². The zero-order valence-corrected chi connectivity index (χ0v) is 18.3. The molecular weight excluding hydrogens is 454 g/mol. The first-order valence-corrected chi connectivity index (χ1v) is 11.3. The van der Waals surface area contributed by atoms with Crippen molar-refractivity contribution in [2.75, 3.05) is 0 Å². The standard InChI is InChI=1S/C22H20FN2O7P/c1-16(22(26)30-15-17-8-4-2-5-9-17)24-33(29,31-19-10-6-3-7-11-19)32-21-13-12-18(23)14-20(21)25(27)28/h2-14,16H,15H2,1H3,(H,24,29)/t16-,33?/m0/s1. The van der Waals surface area contributed by atoms with Gasteiger partial charge in [-0.1, -0.05) is 48.5 Å². The number of nitro groups is 1. The molecule has 0 heterocycles. The van der Waals surface area contributed by atoms with Gasteiger partial charge in [0.05, 0.1) is 11.0 Å². The SMILES string of the molecule is C[C@H](NP(=O)(Oc1ccccc1)Oc1ccc(F)cc1[N+](=O)[O-])C(=O)OCc1ccccc1. The number of carbonyl (C=O) groups excluding carboxylic acids is 1. The van der Waals surface area contributed by atoms with E-state index in [9.17, 15) is 23.9 Å². The van der Waals surface area contributed by atoms with Gasteiger partial charge in [-0.05, 0) is 36.8 Å². The Morgan fingerprint density at radius 3 is 2.33 bits per heavy atom. The third kappa shape index (κ3) is 6.86. The summed E-state index contributed by atoms with van der Waals surface area (Å²) >= 11 is 0. The zero-order valence-electron chi connectivity index (χ0n) is 17.4. The second kappa shape index (κ2) is 10.7. The Morgan fingerprint density at radius 2 is 1.70 bits per heavy atom. The molecule has 0 saturated heterocycles. The summed E-state index contributed by atoms with van der Waals surface area (Å²) in [5.41, 5.74) is -0.00653. The quantitative estimate of drug-likeness (QED) is 0.188. The number of ether oxygens (including phenoxy) is 1. The normalized spacial score (nSPS) is 13.4. The zero-order chi connectivity index (χ0) is 23.8. The smallest absolute Gasteiger partial charge is 0.460 e. The number of rotatable bonds is 10. The fourth-order valence-corrected chi connectivity index (χ4v) is 4.21. The molecule has 0 fully saturated rings. The predicted octanol–water partition coefficient (Wildman–Crippen LogP) is 5.02. The molecule has 9 nitrogen and oxygen atoms in total. The minimum Gasteiger partial charge on any atom is -0.460 e. The van der Waals surface area contributed by atoms with Gasteiger partial charge in [-0.15, -0.1) is 0 Å². The van der Waals surface area contributed by atoms with Crippen LogP contribution < -0.4 is 14.1 Å². The number of hydrogen-bond acceptors (Lipinski definition) is 7. The summed E-state index contributed by atoms with van der Waals surface area (Å²) in [6.45, 7) is 1.36.